The van der Waals surface area contributed by atoms with E-state index >= 15 is 0 Å². The summed E-state index contributed by atoms with van der Waals surface area (Å²) in [6.07, 6.45) is 0. The maximum absolute atomic E-state index is 9.73. The predicted octanol–water partition coefficient (Wildman–Crippen LogP) is -0.356. The van der Waals surface area contributed by atoms with Gasteiger partial charge in [0.1, 0.15) is 6.04 Å². The predicted molar refractivity (Wildman–Crippen MR) is 48.8 cm³/mol. The fourth-order valence-corrected chi connectivity index (χ4v) is 0.763. The molecule has 1 unspecified atom stereocenters. The van der Waals surface area contributed by atoms with Crippen molar-refractivity contribution in [3.05, 3.63) is 34.7 Å². The number of nitrogens with two attached hydrogens (primary N) is 2. The zero-order valence-corrected chi connectivity index (χ0v) is 7.10. The molecule has 0 aliphatic heterocycles. The van der Waals surface area contributed by atoms with Crippen molar-refractivity contribution >= 4 is 5.97 Å². The van der Waals surface area contributed by atoms with E-state index in [0.29, 0.717) is 0 Å². The van der Waals surface area contributed by atoms with Crippen LogP contribution in [0.2, 0.25) is 0 Å². The SMILES string of the molecule is NCC(N)C(=O)O.c1cc2ccc1=2. The van der Waals surface area contributed by atoms with Gasteiger partial charge in [-0.3, -0.25) is 4.79 Å². The van der Waals surface area contributed by atoms with E-state index in [1.54, 1.807) is 0 Å². The molecule has 0 fully saturated rings. The molecule has 0 saturated heterocycles. The molecule has 0 saturated carbocycles. The van der Waals surface area contributed by atoms with Crippen molar-refractivity contribution in [2.24, 2.45) is 11.5 Å². The zero-order valence-electron chi connectivity index (χ0n) is 7.10. The summed E-state index contributed by atoms with van der Waals surface area (Å²) in [5.41, 5.74) is 9.76. The molecule has 0 amide bonds. The molecular weight excluding hydrogens is 168 g/mol. The Kier molecular flexibility index (Phi) is 3.00. The number of hydrogen-bond donors (Lipinski definition) is 3. The Morgan fingerprint density at radius 3 is 1.69 bits per heavy atom. The third kappa shape index (κ3) is 2.27. The molecular formula is C9H12N2O2. The molecule has 13 heavy (non-hydrogen) atoms. The van der Waals surface area contributed by atoms with Crippen molar-refractivity contribution < 1.29 is 9.90 Å². The molecule has 0 heterocycles. The van der Waals surface area contributed by atoms with Crippen LogP contribution in [0, 0.1) is 10.4 Å². The maximum Gasteiger partial charge on any atom is 0.321 e. The minimum absolute atomic E-state index is 0.00463. The normalized spacial score (nSPS) is 12.5. The van der Waals surface area contributed by atoms with Crippen LogP contribution in [-0.4, -0.2) is 23.7 Å². The van der Waals surface area contributed by atoms with Gasteiger partial charge in [0.2, 0.25) is 0 Å². The van der Waals surface area contributed by atoms with E-state index in [1.165, 1.54) is 10.4 Å². The number of aliphatic carboxylic acids is 1. The van der Waals surface area contributed by atoms with Crippen LogP contribution in [0.1, 0.15) is 0 Å². The van der Waals surface area contributed by atoms with Crippen LogP contribution in [0.25, 0.3) is 0 Å². The Labute approximate surface area is 75.5 Å². The van der Waals surface area contributed by atoms with E-state index in [1.807, 2.05) is 0 Å². The van der Waals surface area contributed by atoms with Crippen molar-refractivity contribution in [1.29, 1.82) is 0 Å². The van der Waals surface area contributed by atoms with Gasteiger partial charge in [-0.1, -0.05) is 24.3 Å². The third-order valence-corrected chi connectivity index (χ3v) is 1.79. The summed E-state index contributed by atoms with van der Waals surface area (Å²) < 4.78 is 0. The topological polar surface area (TPSA) is 89.3 Å². The maximum atomic E-state index is 9.73. The second kappa shape index (κ2) is 4.02. The molecule has 70 valence electrons. The minimum atomic E-state index is -1.05. The number of benzene rings is 1. The summed E-state index contributed by atoms with van der Waals surface area (Å²) in [6.45, 7) is -0.00463. The summed E-state index contributed by atoms with van der Waals surface area (Å²) in [4.78, 5) is 9.73. The van der Waals surface area contributed by atoms with Crippen LogP contribution in [0.15, 0.2) is 24.3 Å². The zero-order chi connectivity index (χ0) is 9.84. The number of carboxylic acid groups (broad SMARTS) is 1. The van der Waals surface area contributed by atoms with Crippen LogP contribution in [0.5, 0.6) is 0 Å². The van der Waals surface area contributed by atoms with Gasteiger partial charge in [0.15, 0.2) is 0 Å². The second-order valence-corrected chi connectivity index (χ2v) is 2.76. The van der Waals surface area contributed by atoms with Gasteiger partial charge in [0, 0.05) is 6.54 Å². The average molecular weight is 180 g/mol. The monoisotopic (exact) mass is 180 g/mol. The summed E-state index contributed by atoms with van der Waals surface area (Å²) in [6, 6.07) is 7.58. The average Bonchev–Trinajstić information content (AvgIpc) is 2.10. The highest BCUT2D eigenvalue weighted by atomic mass is 16.4. The molecule has 2 rings (SSSR count). The standard InChI is InChI=1S/C6H4.C3H8N2O2/c1-2-6-4-3-5(1)6;4-1-2(5)3(6)7/h1-4H;2H,1,4-5H2,(H,6,7). The van der Waals surface area contributed by atoms with Gasteiger partial charge >= 0.3 is 5.97 Å². The van der Waals surface area contributed by atoms with Gasteiger partial charge in [-0.2, -0.15) is 0 Å². The smallest absolute Gasteiger partial charge is 0.321 e. The Balaban J connectivity index is 0.000000130. The minimum Gasteiger partial charge on any atom is -0.480 e. The van der Waals surface area contributed by atoms with E-state index in [0.717, 1.165) is 0 Å². The summed E-state index contributed by atoms with van der Waals surface area (Å²) in [5, 5.41) is 10.8. The van der Waals surface area contributed by atoms with Crippen molar-refractivity contribution in [3.63, 3.8) is 0 Å². The van der Waals surface area contributed by atoms with Crippen LogP contribution < -0.4 is 11.5 Å². The largest absolute Gasteiger partial charge is 0.480 e. The Morgan fingerprint density at radius 2 is 1.69 bits per heavy atom. The van der Waals surface area contributed by atoms with Crippen molar-refractivity contribution in [2.75, 3.05) is 6.54 Å². The molecule has 0 aromatic carbocycles. The van der Waals surface area contributed by atoms with Gasteiger partial charge in [-0.25, -0.2) is 0 Å². The van der Waals surface area contributed by atoms with Gasteiger partial charge in [0.25, 0.3) is 0 Å². The lowest BCUT2D eigenvalue weighted by atomic mass is 10.1. The molecule has 0 aromatic heterocycles. The number of rotatable bonds is 2. The van der Waals surface area contributed by atoms with Crippen LogP contribution in [0.3, 0.4) is 0 Å². The second-order valence-electron chi connectivity index (χ2n) is 2.76. The first-order chi connectivity index (χ1) is 6.15. The van der Waals surface area contributed by atoms with E-state index in [-0.39, 0.29) is 6.54 Å². The lowest BCUT2D eigenvalue weighted by molar-refractivity contribution is -0.138. The van der Waals surface area contributed by atoms with E-state index in [2.05, 4.69) is 24.3 Å². The Hall–Kier alpha value is -1.39. The number of hydrogen-bond acceptors (Lipinski definition) is 3. The van der Waals surface area contributed by atoms with E-state index < -0.39 is 12.0 Å². The molecule has 2 aliphatic carbocycles. The van der Waals surface area contributed by atoms with Gasteiger partial charge in [-0.05, 0) is 10.4 Å². The fraction of sp³-hybridized carbons (Fsp3) is 0.222. The first kappa shape index (κ1) is 9.70. The van der Waals surface area contributed by atoms with Gasteiger partial charge < -0.3 is 16.6 Å². The highest BCUT2D eigenvalue weighted by Gasteiger charge is 2.05. The van der Waals surface area contributed by atoms with E-state index in [4.69, 9.17) is 16.6 Å². The summed E-state index contributed by atoms with van der Waals surface area (Å²) in [5.74, 6) is -1.05. The van der Waals surface area contributed by atoms with Gasteiger partial charge in [-0.15, -0.1) is 0 Å². The molecule has 0 spiro atoms. The third-order valence-electron chi connectivity index (χ3n) is 1.79. The molecule has 1 atom stereocenters. The van der Waals surface area contributed by atoms with Crippen LogP contribution >= 0.6 is 0 Å². The molecule has 2 aliphatic rings. The summed E-state index contributed by atoms with van der Waals surface area (Å²) in [7, 11) is 0. The van der Waals surface area contributed by atoms with E-state index in [9.17, 15) is 4.79 Å². The molecule has 4 nitrogen and oxygen atoms in total. The highest BCUT2D eigenvalue weighted by molar-refractivity contribution is 5.73. The first-order valence-corrected chi connectivity index (χ1v) is 3.94. The van der Waals surface area contributed by atoms with Crippen molar-refractivity contribution in [2.45, 2.75) is 6.04 Å². The van der Waals surface area contributed by atoms with Crippen LogP contribution in [-0.2, 0) is 4.79 Å². The Morgan fingerprint density at radius 1 is 1.31 bits per heavy atom. The lowest BCUT2D eigenvalue weighted by Crippen LogP contribution is -2.37. The number of carbonyl (C=O) groups is 1. The highest BCUT2D eigenvalue weighted by Crippen LogP contribution is 2.04. The Bertz CT molecular complexity index is 339. The van der Waals surface area contributed by atoms with Crippen molar-refractivity contribution in [1.82, 2.24) is 0 Å². The van der Waals surface area contributed by atoms with Crippen molar-refractivity contribution in [3.8, 4) is 0 Å². The summed E-state index contributed by atoms with van der Waals surface area (Å²) >= 11 is 0. The number of carboxylic acids is 1. The molecule has 5 N–H and O–H groups in total. The van der Waals surface area contributed by atoms with Gasteiger partial charge in [0.05, 0.1) is 0 Å². The molecule has 0 radical (unpaired) electrons. The molecule has 0 bridgehead atoms. The molecule has 0 aromatic rings. The lowest BCUT2D eigenvalue weighted by Gasteiger charge is -1.97. The first-order valence-electron chi connectivity index (χ1n) is 3.94. The quantitative estimate of drug-likeness (QED) is 0.589. The molecule has 4 heteroatoms. The fourth-order valence-electron chi connectivity index (χ4n) is 0.763. The van der Waals surface area contributed by atoms with Crippen LogP contribution in [0.4, 0.5) is 0 Å².